The number of benzene rings is 2. The molecule has 0 N–H and O–H groups in total. The molecule has 0 amide bonds. The van der Waals surface area contributed by atoms with Crippen molar-refractivity contribution in [2.45, 2.75) is 29.4 Å². The Labute approximate surface area is 135 Å². The number of hydrogen-bond acceptors (Lipinski definition) is 3. The highest BCUT2D eigenvalue weighted by atomic mass is 35.5. The molecule has 0 saturated heterocycles. The van der Waals surface area contributed by atoms with Gasteiger partial charge in [-0.3, -0.25) is 4.79 Å². The molecule has 0 aliphatic carbocycles. The van der Waals surface area contributed by atoms with Crippen molar-refractivity contribution in [3.8, 4) is 0 Å². The second kappa shape index (κ2) is 6.23. The lowest BCUT2D eigenvalue weighted by atomic mass is 10.1. The molecule has 0 aliphatic heterocycles. The monoisotopic (exact) mass is 336 g/mol. The summed E-state index contributed by atoms with van der Waals surface area (Å²) < 4.78 is 23.7. The Kier molecular flexibility index (Phi) is 4.73. The normalized spacial score (nSPS) is 14.3. The molecule has 0 radical (unpaired) electrons. The molecule has 0 heterocycles. The number of sulfone groups is 1. The summed E-state index contributed by atoms with van der Waals surface area (Å²) >= 11 is 6.34. The van der Waals surface area contributed by atoms with E-state index in [0.29, 0.717) is 0 Å². The standard InChI is InChI=1S/C17H17ClO3S/c1-3-17(18,16(19)14-7-5-4-6-8-14)22(20,21)15-11-9-13(2)10-12-15/h4-12H,3H2,1-2H3. The van der Waals surface area contributed by atoms with E-state index in [9.17, 15) is 13.2 Å². The second-order valence-corrected chi connectivity index (χ2v) is 8.14. The minimum absolute atomic E-state index is 0.0154. The first-order valence-electron chi connectivity index (χ1n) is 6.93. The Balaban J connectivity index is 2.53. The third kappa shape index (κ3) is 2.81. The molecule has 2 aromatic rings. The Morgan fingerprint density at radius 1 is 1.05 bits per heavy atom. The van der Waals surface area contributed by atoms with Crippen LogP contribution in [0.25, 0.3) is 0 Å². The van der Waals surface area contributed by atoms with Crippen molar-refractivity contribution in [1.29, 1.82) is 0 Å². The van der Waals surface area contributed by atoms with E-state index in [1.807, 2.05) is 6.92 Å². The van der Waals surface area contributed by atoms with Gasteiger partial charge in [0.15, 0.2) is 5.78 Å². The Morgan fingerprint density at radius 2 is 1.59 bits per heavy atom. The highest BCUT2D eigenvalue weighted by Gasteiger charge is 2.48. The predicted molar refractivity (Wildman–Crippen MR) is 88.0 cm³/mol. The summed E-state index contributed by atoms with van der Waals surface area (Å²) in [5.74, 6) is -0.599. The van der Waals surface area contributed by atoms with Crippen molar-refractivity contribution >= 4 is 27.2 Å². The van der Waals surface area contributed by atoms with Crippen LogP contribution < -0.4 is 0 Å². The van der Waals surface area contributed by atoms with E-state index >= 15 is 0 Å². The number of carbonyl (C=O) groups excluding carboxylic acids is 1. The van der Waals surface area contributed by atoms with E-state index in [-0.39, 0.29) is 16.9 Å². The number of ketones is 1. The van der Waals surface area contributed by atoms with Gasteiger partial charge >= 0.3 is 0 Å². The molecule has 1 unspecified atom stereocenters. The highest BCUT2D eigenvalue weighted by molar-refractivity contribution is 7.95. The van der Waals surface area contributed by atoms with Gasteiger partial charge < -0.3 is 0 Å². The van der Waals surface area contributed by atoms with Crippen LogP contribution >= 0.6 is 11.6 Å². The second-order valence-electron chi connectivity index (χ2n) is 5.09. The molecule has 2 rings (SSSR count). The molecular formula is C17H17ClO3S. The van der Waals surface area contributed by atoms with Crippen LogP contribution in [-0.4, -0.2) is 18.4 Å². The summed E-state index contributed by atoms with van der Waals surface area (Å²) in [6.45, 7) is 3.46. The van der Waals surface area contributed by atoms with Crippen molar-refractivity contribution in [2.75, 3.05) is 0 Å². The van der Waals surface area contributed by atoms with Crippen LogP contribution in [0.1, 0.15) is 29.3 Å². The lowest BCUT2D eigenvalue weighted by Crippen LogP contribution is -2.40. The van der Waals surface area contributed by atoms with Crippen LogP contribution in [0.15, 0.2) is 59.5 Å². The summed E-state index contributed by atoms with van der Waals surface area (Å²) in [7, 11) is -4.00. The lowest BCUT2D eigenvalue weighted by Gasteiger charge is -2.24. The Bertz CT molecular complexity index is 767. The maximum Gasteiger partial charge on any atom is 0.212 e. The zero-order valence-electron chi connectivity index (χ0n) is 12.4. The molecule has 0 saturated carbocycles. The van der Waals surface area contributed by atoms with Crippen molar-refractivity contribution in [3.63, 3.8) is 0 Å². The number of rotatable bonds is 5. The molecule has 0 aromatic heterocycles. The fourth-order valence-electron chi connectivity index (χ4n) is 2.18. The van der Waals surface area contributed by atoms with Gasteiger partial charge in [0.05, 0.1) is 4.90 Å². The predicted octanol–water partition coefficient (Wildman–Crippen LogP) is 4.00. The van der Waals surface area contributed by atoms with Gasteiger partial charge in [-0.2, -0.15) is 0 Å². The first-order valence-corrected chi connectivity index (χ1v) is 8.79. The zero-order valence-corrected chi connectivity index (χ0v) is 14.0. The van der Waals surface area contributed by atoms with Gasteiger partial charge in [-0.05, 0) is 25.5 Å². The van der Waals surface area contributed by atoms with Crippen molar-refractivity contribution in [2.24, 2.45) is 0 Å². The average molecular weight is 337 g/mol. The fraction of sp³-hybridized carbons (Fsp3) is 0.235. The Hall–Kier alpha value is -1.65. The van der Waals surface area contributed by atoms with Gasteiger partial charge in [0.1, 0.15) is 0 Å². The largest absolute Gasteiger partial charge is 0.291 e. The highest BCUT2D eigenvalue weighted by Crippen LogP contribution is 2.36. The molecule has 1 atom stereocenters. The van der Waals surface area contributed by atoms with Crippen LogP contribution in [0.5, 0.6) is 0 Å². The third-order valence-corrected chi connectivity index (χ3v) is 6.85. The molecule has 5 heteroatoms. The summed E-state index contributed by atoms with van der Waals surface area (Å²) in [5, 5.41) is 0. The fourth-order valence-corrected chi connectivity index (χ4v) is 4.17. The third-order valence-electron chi connectivity index (χ3n) is 3.59. The van der Waals surface area contributed by atoms with Gasteiger partial charge in [-0.1, -0.05) is 66.6 Å². The number of halogens is 1. The van der Waals surface area contributed by atoms with Crippen LogP contribution in [0.4, 0.5) is 0 Å². The molecule has 22 heavy (non-hydrogen) atoms. The van der Waals surface area contributed by atoms with E-state index in [1.54, 1.807) is 49.4 Å². The number of alkyl halides is 1. The number of hydrogen-bond donors (Lipinski definition) is 0. The Morgan fingerprint density at radius 3 is 2.09 bits per heavy atom. The minimum Gasteiger partial charge on any atom is -0.291 e. The van der Waals surface area contributed by atoms with Gasteiger partial charge in [-0.15, -0.1) is 0 Å². The molecule has 3 nitrogen and oxygen atoms in total. The minimum atomic E-state index is -4.00. The number of aryl methyl sites for hydroxylation is 1. The number of carbonyl (C=O) groups is 1. The first-order chi connectivity index (χ1) is 10.3. The van der Waals surface area contributed by atoms with E-state index in [0.717, 1.165) is 5.56 Å². The van der Waals surface area contributed by atoms with E-state index in [2.05, 4.69) is 0 Å². The maximum atomic E-state index is 12.9. The summed E-state index contributed by atoms with van der Waals surface area (Å²) in [6.07, 6.45) is -0.0154. The SMILES string of the molecule is CCC(Cl)(C(=O)c1ccccc1)S(=O)(=O)c1ccc(C)cc1. The van der Waals surface area contributed by atoms with Gasteiger partial charge in [-0.25, -0.2) is 8.42 Å². The first kappa shape index (κ1) is 16.7. The van der Waals surface area contributed by atoms with Gasteiger partial charge in [0, 0.05) is 5.56 Å². The van der Waals surface area contributed by atoms with Crippen LogP contribution in [0.3, 0.4) is 0 Å². The zero-order chi connectivity index (χ0) is 16.4. The van der Waals surface area contributed by atoms with E-state index in [1.165, 1.54) is 12.1 Å². The molecule has 0 aliphatic rings. The molecule has 0 bridgehead atoms. The smallest absolute Gasteiger partial charge is 0.212 e. The van der Waals surface area contributed by atoms with Crippen molar-refractivity contribution < 1.29 is 13.2 Å². The average Bonchev–Trinajstić information content (AvgIpc) is 2.54. The molecule has 2 aromatic carbocycles. The van der Waals surface area contributed by atoms with E-state index in [4.69, 9.17) is 11.6 Å². The van der Waals surface area contributed by atoms with Crippen LogP contribution in [0, 0.1) is 6.92 Å². The summed E-state index contributed by atoms with van der Waals surface area (Å²) in [4.78, 5) is 12.7. The molecular weight excluding hydrogens is 320 g/mol. The quantitative estimate of drug-likeness (QED) is 0.612. The maximum absolute atomic E-state index is 12.9. The van der Waals surface area contributed by atoms with Gasteiger partial charge in [0.25, 0.3) is 0 Å². The topological polar surface area (TPSA) is 51.2 Å². The van der Waals surface area contributed by atoms with Gasteiger partial charge in [0.2, 0.25) is 14.0 Å². The van der Waals surface area contributed by atoms with Crippen molar-refractivity contribution in [1.82, 2.24) is 0 Å². The number of Topliss-reactive ketones (excluding diaryl/α,β-unsaturated/α-hetero) is 1. The van der Waals surface area contributed by atoms with E-state index < -0.39 is 19.8 Å². The summed E-state index contributed by atoms with van der Waals surface area (Å²) in [5.41, 5.74) is 1.22. The molecule has 0 spiro atoms. The summed E-state index contributed by atoms with van der Waals surface area (Å²) in [6, 6.07) is 14.6. The van der Waals surface area contributed by atoms with Crippen molar-refractivity contribution in [3.05, 3.63) is 65.7 Å². The molecule has 116 valence electrons. The molecule has 0 fully saturated rings. The van der Waals surface area contributed by atoms with Crippen LogP contribution in [-0.2, 0) is 9.84 Å². The lowest BCUT2D eigenvalue weighted by molar-refractivity contribution is 0.0970. The van der Waals surface area contributed by atoms with Crippen LogP contribution in [0.2, 0.25) is 0 Å².